The molecule has 8 heteroatoms. The number of rotatable bonds is 3. The van der Waals surface area contributed by atoms with Crippen molar-refractivity contribution in [2.24, 2.45) is 0 Å². The van der Waals surface area contributed by atoms with Gasteiger partial charge >= 0.3 is 12.1 Å². The highest BCUT2D eigenvalue weighted by atomic mass is 127. The minimum atomic E-state index is -0.648. The van der Waals surface area contributed by atoms with E-state index in [1.54, 1.807) is 20.8 Å². The molecule has 0 spiro atoms. The molecular formula is C16H17IN2O4S. The summed E-state index contributed by atoms with van der Waals surface area (Å²) in [6.45, 7) is 5.29. The van der Waals surface area contributed by atoms with Gasteiger partial charge in [-0.2, -0.15) is 0 Å². The Bertz CT molecular complexity index is 768. The minimum Gasteiger partial charge on any atom is -0.464 e. The lowest BCUT2D eigenvalue weighted by Crippen LogP contribution is -2.27. The first-order valence-corrected chi connectivity index (χ1v) is 8.94. The van der Waals surface area contributed by atoms with Gasteiger partial charge in [0.25, 0.3) is 0 Å². The van der Waals surface area contributed by atoms with Crippen LogP contribution >= 0.6 is 33.9 Å². The monoisotopic (exact) mass is 460 g/mol. The molecule has 0 unspecified atom stereocenters. The predicted molar refractivity (Wildman–Crippen MR) is 101 cm³/mol. The number of nitrogens with one attached hydrogen (secondary N) is 1. The standard InChI is InChI=1S/C16H17IN2O4S/c1-16(2,3)23-15(21)19-13-11(14(20)22-4)18-12(24-13)9-6-5-7-10(17)8-9/h5-8H,1-4H3,(H,19,21). The fourth-order valence-corrected chi connectivity index (χ4v) is 3.26. The summed E-state index contributed by atoms with van der Waals surface area (Å²) in [4.78, 5) is 28.2. The van der Waals surface area contributed by atoms with Crippen LogP contribution < -0.4 is 5.32 Å². The summed E-state index contributed by atoms with van der Waals surface area (Å²) in [6, 6.07) is 7.69. The van der Waals surface area contributed by atoms with Crippen molar-refractivity contribution in [1.82, 2.24) is 4.98 Å². The van der Waals surface area contributed by atoms with Crippen LogP contribution in [0.25, 0.3) is 10.6 Å². The van der Waals surface area contributed by atoms with Crippen molar-refractivity contribution < 1.29 is 19.1 Å². The number of anilines is 1. The molecule has 1 aromatic heterocycles. The number of halogens is 1. The van der Waals surface area contributed by atoms with Crippen molar-refractivity contribution in [3.63, 3.8) is 0 Å². The molecule has 0 saturated heterocycles. The Hall–Kier alpha value is -1.68. The molecule has 0 atom stereocenters. The van der Waals surface area contributed by atoms with Gasteiger partial charge in [0.05, 0.1) is 7.11 Å². The first-order chi connectivity index (χ1) is 11.2. The highest BCUT2D eigenvalue weighted by Gasteiger charge is 2.23. The van der Waals surface area contributed by atoms with Crippen molar-refractivity contribution in [1.29, 1.82) is 0 Å². The van der Waals surface area contributed by atoms with Gasteiger partial charge in [-0.05, 0) is 55.5 Å². The van der Waals surface area contributed by atoms with Crippen molar-refractivity contribution in [3.05, 3.63) is 33.5 Å². The second-order valence-electron chi connectivity index (χ2n) is 5.83. The van der Waals surface area contributed by atoms with Crippen LogP contribution in [-0.4, -0.2) is 29.8 Å². The Morgan fingerprint density at radius 2 is 2.00 bits per heavy atom. The van der Waals surface area contributed by atoms with Crippen molar-refractivity contribution in [3.8, 4) is 10.6 Å². The molecule has 128 valence electrons. The summed E-state index contributed by atoms with van der Waals surface area (Å²) in [5.41, 5.74) is 0.273. The molecule has 0 bridgehead atoms. The maximum Gasteiger partial charge on any atom is 0.412 e. The molecule has 2 aromatic rings. The number of hydrogen-bond acceptors (Lipinski definition) is 6. The molecule has 0 aliphatic rings. The summed E-state index contributed by atoms with van der Waals surface area (Å²) in [6.07, 6.45) is -0.648. The van der Waals surface area contributed by atoms with Gasteiger partial charge < -0.3 is 9.47 Å². The molecule has 0 aliphatic heterocycles. The quantitative estimate of drug-likeness (QED) is 0.538. The van der Waals surface area contributed by atoms with Crippen LogP contribution in [0.15, 0.2) is 24.3 Å². The van der Waals surface area contributed by atoms with E-state index in [1.165, 1.54) is 18.4 Å². The number of esters is 1. The molecule has 1 aromatic carbocycles. The van der Waals surface area contributed by atoms with Crippen molar-refractivity contribution >= 4 is 51.0 Å². The first kappa shape index (κ1) is 18.7. The fourth-order valence-electron chi connectivity index (χ4n) is 1.78. The Kier molecular flexibility index (Phi) is 5.81. The van der Waals surface area contributed by atoms with Crippen LogP contribution in [-0.2, 0) is 9.47 Å². The van der Waals surface area contributed by atoms with Crippen LogP contribution in [0.1, 0.15) is 31.3 Å². The highest BCUT2D eigenvalue weighted by molar-refractivity contribution is 14.1. The van der Waals surface area contributed by atoms with Crippen LogP contribution in [0.4, 0.5) is 9.80 Å². The second kappa shape index (κ2) is 7.47. The Balaban J connectivity index is 2.35. The topological polar surface area (TPSA) is 77.5 Å². The number of amides is 1. The third-order valence-corrected chi connectivity index (χ3v) is 4.38. The number of methoxy groups -OCH3 is 1. The van der Waals surface area contributed by atoms with Crippen LogP contribution in [0, 0.1) is 3.57 Å². The number of nitrogens with zero attached hydrogens (tertiary/aromatic N) is 1. The lowest BCUT2D eigenvalue weighted by Gasteiger charge is -2.19. The molecule has 6 nitrogen and oxygen atoms in total. The summed E-state index contributed by atoms with van der Waals surface area (Å²) < 4.78 is 11.0. The van der Waals surface area contributed by atoms with E-state index in [0.717, 1.165) is 9.13 Å². The fraction of sp³-hybridized carbons (Fsp3) is 0.312. The van der Waals surface area contributed by atoms with E-state index >= 15 is 0 Å². The Labute approximate surface area is 157 Å². The van der Waals surface area contributed by atoms with Gasteiger partial charge in [0.2, 0.25) is 0 Å². The van der Waals surface area contributed by atoms with Gasteiger partial charge in [-0.25, -0.2) is 14.6 Å². The minimum absolute atomic E-state index is 0.0576. The van der Waals surface area contributed by atoms with E-state index in [2.05, 4.69) is 32.9 Å². The van der Waals surface area contributed by atoms with Gasteiger partial charge in [-0.3, -0.25) is 5.32 Å². The number of aromatic nitrogens is 1. The van der Waals surface area contributed by atoms with Crippen LogP contribution in [0.3, 0.4) is 0 Å². The number of carbonyl (C=O) groups is 2. The van der Waals surface area contributed by atoms with Crippen LogP contribution in [0.2, 0.25) is 0 Å². The zero-order valence-corrected chi connectivity index (χ0v) is 16.6. The average Bonchev–Trinajstić information content (AvgIpc) is 2.88. The maximum atomic E-state index is 12.0. The highest BCUT2D eigenvalue weighted by Crippen LogP contribution is 2.33. The lowest BCUT2D eigenvalue weighted by atomic mass is 10.2. The average molecular weight is 460 g/mol. The number of thiazole rings is 1. The largest absolute Gasteiger partial charge is 0.464 e. The number of ether oxygens (including phenoxy) is 2. The zero-order chi connectivity index (χ0) is 17.9. The van der Waals surface area contributed by atoms with Crippen LogP contribution in [0.5, 0.6) is 0 Å². The van der Waals surface area contributed by atoms with Gasteiger partial charge in [0, 0.05) is 9.13 Å². The predicted octanol–water partition coefficient (Wildman–Crippen LogP) is 4.55. The third-order valence-electron chi connectivity index (χ3n) is 2.69. The summed E-state index contributed by atoms with van der Waals surface area (Å²) in [5.74, 6) is -0.616. The maximum absolute atomic E-state index is 12.0. The van der Waals surface area contributed by atoms with Crippen molar-refractivity contribution in [2.75, 3.05) is 12.4 Å². The third kappa shape index (κ3) is 4.91. The molecule has 1 amide bonds. The van der Waals surface area contributed by atoms with Crippen molar-refractivity contribution in [2.45, 2.75) is 26.4 Å². The molecule has 1 N–H and O–H groups in total. The van der Waals surface area contributed by atoms with Gasteiger partial charge in [-0.15, -0.1) is 0 Å². The normalized spacial score (nSPS) is 11.0. The van der Waals surface area contributed by atoms with E-state index in [0.29, 0.717) is 10.0 Å². The van der Waals surface area contributed by atoms with E-state index in [1.807, 2.05) is 24.3 Å². The number of benzene rings is 1. The molecule has 0 aliphatic carbocycles. The van der Waals surface area contributed by atoms with Gasteiger partial charge in [-0.1, -0.05) is 23.5 Å². The lowest BCUT2D eigenvalue weighted by molar-refractivity contribution is 0.0596. The molecule has 0 saturated carbocycles. The smallest absolute Gasteiger partial charge is 0.412 e. The summed E-state index contributed by atoms with van der Waals surface area (Å²) in [5, 5.41) is 3.49. The molecule has 1 heterocycles. The molecule has 2 rings (SSSR count). The number of carbonyl (C=O) groups excluding carboxylic acids is 2. The van der Waals surface area contributed by atoms with Gasteiger partial charge in [0.15, 0.2) is 5.69 Å². The molecule has 0 radical (unpaired) electrons. The number of hydrogen-bond donors (Lipinski definition) is 1. The summed E-state index contributed by atoms with van der Waals surface area (Å²) >= 11 is 3.39. The second-order valence-corrected chi connectivity index (χ2v) is 8.07. The van der Waals surface area contributed by atoms with E-state index in [9.17, 15) is 9.59 Å². The SMILES string of the molecule is COC(=O)c1nc(-c2cccc(I)c2)sc1NC(=O)OC(C)(C)C. The van der Waals surface area contributed by atoms with Gasteiger partial charge in [0.1, 0.15) is 15.6 Å². The Morgan fingerprint density at radius 3 is 2.58 bits per heavy atom. The van der Waals surface area contributed by atoms with E-state index in [-0.39, 0.29) is 5.69 Å². The molecule has 0 fully saturated rings. The molecule has 24 heavy (non-hydrogen) atoms. The summed E-state index contributed by atoms with van der Waals surface area (Å²) in [7, 11) is 1.27. The Morgan fingerprint density at radius 1 is 1.29 bits per heavy atom. The zero-order valence-electron chi connectivity index (χ0n) is 13.7. The molecular weight excluding hydrogens is 443 g/mol. The first-order valence-electron chi connectivity index (χ1n) is 7.04. The van der Waals surface area contributed by atoms with E-state index in [4.69, 9.17) is 9.47 Å². The van der Waals surface area contributed by atoms with E-state index < -0.39 is 17.7 Å².